The highest BCUT2D eigenvalue weighted by molar-refractivity contribution is 7.92. The normalized spacial score (nSPS) is 12.4. The number of hydrogen-bond donors (Lipinski definition) is 1. The number of aldehydes is 1. The summed E-state index contributed by atoms with van der Waals surface area (Å²) in [5.41, 5.74) is 3.59. The molecular formula is C57H84F2N6O12S2Si2. The van der Waals surface area contributed by atoms with Crippen molar-refractivity contribution in [1.29, 1.82) is 0 Å². The van der Waals surface area contributed by atoms with Crippen LogP contribution in [0.1, 0.15) is 109 Å². The number of rotatable bonds is 26. The van der Waals surface area contributed by atoms with E-state index in [1.165, 1.54) is 62.7 Å². The van der Waals surface area contributed by atoms with Crippen LogP contribution in [0.4, 0.5) is 20.7 Å². The molecule has 1 atom stereocenters. The van der Waals surface area contributed by atoms with Gasteiger partial charge < -0.3 is 23.4 Å². The van der Waals surface area contributed by atoms with Crippen LogP contribution in [0.5, 0.6) is 0 Å². The number of anilines is 2. The summed E-state index contributed by atoms with van der Waals surface area (Å²) in [4.78, 5) is 51.3. The maximum atomic E-state index is 14.5. The van der Waals surface area contributed by atoms with Crippen molar-refractivity contribution >= 4 is 78.8 Å². The Labute approximate surface area is 481 Å². The number of carbonyl (C=O) groups is 3. The van der Waals surface area contributed by atoms with Crippen molar-refractivity contribution in [2.24, 2.45) is 0 Å². The zero-order chi connectivity index (χ0) is 60.9. The number of ether oxygens (including phenoxy) is 2. The average Bonchev–Trinajstić information content (AvgIpc) is 3.34. The number of hydrogen-bond acceptors (Lipinski definition) is 16. The third kappa shape index (κ3) is 26.8. The molecule has 448 valence electrons. The van der Waals surface area contributed by atoms with Gasteiger partial charge in [0.2, 0.25) is 48.6 Å². The molecule has 0 saturated heterocycles. The zero-order valence-electron chi connectivity index (χ0n) is 49.0. The number of Topliss-reactive ketones (excluding diaryl/α,β-unsaturated/α-hetero) is 1. The number of sulfonamides is 2. The third-order valence-corrected chi connectivity index (χ3v) is 14.5. The largest absolute Gasteiger partial charge is 0.545 e. The minimum absolute atomic E-state index is 0. The molecule has 0 aliphatic heterocycles. The summed E-state index contributed by atoms with van der Waals surface area (Å²) in [7, 11) is -7.69. The lowest BCUT2D eigenvalue weighted by molar-refractivity contribution is -0.146. The van der Waals surface area contributed by atoms with Crippen molar-refractivity contribution in [3.63, 3.8) is 0 Å². The van der Waals surface area contributed by atoms with Crippen LogP contribution in [0.3, 0.4) is 0 Å². The number of aliphatic hydroxyl groups is 1. The van der Waals surface area contributed by atoms with Gasteiger partial charge in [0.1, 0.15) is 35.9 Å². The van der Waals surface area contributed by atoms with Crippen molar-refractivity contribution in [3.05, 3.63) is 119 Å². The molecule has 1 N–H and O–H groups in total. The molecule has 0 spiro atoms. The molecule has 4 aromatic rings. The van der Waals surface area contributed by atoms with E-state index in [9.17, 15) is 45.1 Å². The minimum atomic E-state index is -3.60. The molecule has 18 nitrogen and oxygen atoms in total. The standard InChI is InChI=1S/C25H32FN3O6S.C18H20FN3O3S.C13H28O3Si2.CH4/c1-6-11-35-24(32)14-20(31)13-19(30)9-7-17-12-18(8-10-21(17)26)23-15-22(16(2)3)27-25(28-23)29(4)36(5,33)34;1-12(2)16-11-17(21-18(20-16)22(3)26(4,24)25)14-7-8-15(19)13(10-14)6-5-9-23;1-9-10-14-13(16-18(6,7)8)11-12(2)15-17(3,4)5;/h7-10,12,15-16,19,30H,6,11,13-14H2,1-5H3;5-12H,1-4H3;11H,2,9-10H2,1,3-8H3;1H4/b9-7+;6-5+;13-11-;/t19-;;;/m1.../s1. The fourth-order valence-electron chi connectivity index (χ4n) is 6.35. The van der Waals surface area contributed by atoms with Gasteiger partial charge in [-0.3, -0.25) is 14.4 Å². The quantitative estimate of drug-likeness (QED) is 0.0117. The Morgan fingerprint density at radius 3 is 1.53 bits per heavy atom. The summed E-state index contributed by atoms with van der Waals surface area (Å²) in [6, 6.07) is 12.0. The maximum absolute atomic E-state index is 14.5. The van der Waals surface area contributed by atoms with Gasteiger partial charge in [0.05, 0.1) is 49.3 Å². The number of allylic oxidation sites excluding steroid dienone is 2. The van der Waals surface area contributed by atoms with E-state index in [1.54, 1.807) is 30.3 Å². The minimum Gasteiger partial charge on any atom is -0.545 e. The van der Waals surface area contributed by atoms with Crippen LogP contribution < -0.4 is 8.61 Å². The Morgan fingerprint density at radius 1 is 0.704 bits per heavy atom. The van der Waals surface area contributed by atoms with Crippen LogP contribution in [-0.4, -0.2) is 122 Å². The first-order chi connectivity index (χ1) is 37.0. The van der Waals surface area contributed by atoms with Gasteiger partial charge in [-0.2, -0.15) is 0 Å². The molecule has 0 aliphatic carbocycles. The average molecular weight is 1200 g/mol. The Morgan fingerprint density at radius 2 is 1.14 bits per heavy atom. The van der Waals surface area contributed by atoms with Crippen LogP contribution in [0.15, 0.2) is 85.0 Å². The van der Waals surface area contributed by atoms with Crippen molar-refractivity contribution in [3.8, 4) is 22.5 Å². The molecule has 2 heterocycles. The molecule has 0 radical (unpaired) electrons. The molecule has 2 aromatic heterocycles. The van der Waals surface area contributed by atoms with E-state index in [0.717, 1.165) is 27.5 Å². The van der Waals surface area contributed by atoms with E-state index < -0.39 is 72.6 Å². The SMILES string of the molecule is C.C=C(/C=C(/OCCC)O[Si](C)(C)C)O[Si](C)(C)C.CC(C)c1cc(-c2ccc(F)c(/C=C/C=O)c2)nc(N(C)S(C)(=O)=O)n1.CCCOC(=O)CC(=O)C[C@H](O)/C=C/c1cc(-c2cc(C(C)C)nc(N(C)S(C)(=O)=O)n2)ccc1F. The van der Waals surface area contributed by atoms with Gasteiger partial charge in [-0.1, -0.05) is 67.7 Å². The summed E-state index contributed by atoms with van der Waals surface area (Å²) >= 11 is 0. The second-order valence-electron chi connectivity index (χ2n) is 21.0. The number of aliphatic hydroxyl groups excluding tert-OH is 1. The van der Waals surface area contributed by atoms with E-state index in [1.807, 2.05) is 34.6 Å². The molecule has 81 heavy (non-hydrogen) atoms. The molecule has 0 fully saturated rings. The summed E-state index contributed by atoms with van der Waals surface area (Å²) in [5.74, 6) is -0.965. The van der Waals surface area contributed by atoms with E-state index in [0.29, 0.717) is 64.9 Å². The number of esters is 1. The zero-order valence-corrected chi connectivity index (χ0v) is 52.6. The molecule has 2 aromatic carbocycles. The molecule has 0 aliphatic rings. The second kappa shape index (κ2) is 32.8. The first kappa shape index (κ1) is 72.5. The highest BCUT2D eigenvalue weighted by Gasteiger charge is 2.23. The Kier molecular flexibility index (Phi) is 29.4. The molecule has 0 amide bonds. The van der Waals surface area contributed by atoms with Crippen LogP contribution in [0, 0.1) is 11.6 Å². The van der Waals surface area contributed by atoms with Gasteiger partial charge in [-0.25, -0.2) is 54.2 Å². The van der Waals surface area contributed by atoms with Crippen molar-refractivity contribution < 1.29 is 63.4 Å². The summed E-state index contributed by atoms with van der Waals surface area (Å²) in [6.07, 6.45) is 9.22. The molecular weight excluding hydrogens is 1120 g/mol. The first-order valence-corrected chi connectivity index (χ1v) is 36.3. The highest BCUT2D eigenvalue weighted by Crippen LogP contribution is 2.29. The van der Waals surface area contributed by atoms with Gasteiger partial charge in [-0.05, 0) is 125 Å². The van der Waals surface area contributed by atoms with Gasteiger partial charge in [-0.15, -0.1) is 0 Å². The summed E-state index contributed by atoms with van der Waals surface area (Å²) < 4.78 is 100. The number of nitrogens with zero attached hydrogens (tertiary/aromatic N) is 6. The van der Waals surface area contributed by atoms with E-state index in [2.05, 4.69) is 72.7 Å². The Balaban J connectivity index is 0.000000641. The van der Waals surface area contributed by atoms with Crippen LogP contribution in [0.25, 0.3) is 34.7 Å². The van der Waals surface area contributed by atoms with E-state index >= 15 is 0 Å². The topological polar surface area (TPSA) is 235 Å². The molecule has 0 bridgehead atoms. The van der Waals surface area contributed by atoms with Gasteiger partial charge in [0.15, 0.2) is 0 Å². The van der Waals surface area contributed by atoms with Crippen molar-refractivity contribution in [2.45, 2.75) is 132 Å². The van der Waals surface area contributed by atoms with Crippen LogP contribution in [0.2, 0.25) is 39.3 Å². The van der Waals surface area contributed by atoms with Gasteiger partial charge in [0, 0.05) is 54.2 Å². The lowest BCUT2D eigenvalue weighted by atomic mass is 10.0. The number of carbonyl (C=O) groups excluding carboxylic acids is 3. The smallest absolute Gasteiger partial charge is 0.313 e. The highest BCUT2D eigenvalue weighted by atomic mass is 32.2. The lowest BCUT2D eigenvalue weighted by Gasteiger charge is -2.23. The monoisotopic (exact) mass is 1200 g/mol. The maximum Gasteiger partial charge on any atom is 0.313 e. The van der Waals surface area contributed by atoms with Crippen LogP contribution >= 0.6 is 0 Å². The Bertz CT molecular complexity index is 3090. The van der Waals surface area contributed by atoms with E-state index in [4.69, 9.17) is 18.3 Å². The Hall–Kier alpha value is -6.48. The molecule has 0 unspecified atom stereocenters. The van der Waals surface area contributed by atoms with Gasteiger partial charge in [0.25, 0.3) is 5.95 Å². The van der Waals surface area contributed by atoms with Gasteiger partial charge >= 0.3 is 5.97 Å². The molecule has 0 saturated carbocycles. The van der Waals surface area contributed by atoms with Crippen molar-refractivity contribution in [1.82, 2.24) is 19.9 Å². The predicted molar refractivity (Wildman–Crippen MR) is 324 cm³/mol. The molecule has 24 heteroatoms. The van der Waals surface area contributed by atoms with E-state index in [-0.39, 0.29) is 55.3 Å². The summed E-state index contributed by atoms with van der Waals surface area (Å²) in [6.45, 7) is 29.1. The fourth-order valence-corrected chi connectivity index (χ4v) is 8.67. The predicted octanol–water partition coefficient (Wildman–Crippen LogP) is 11.6. The number of benzene rings is 2. The second-order valence-corrected chi connectivity index (χ2v) is 33.9. The fraction of sp³-hybridized carbons (Fsp3) is 0.456. The number of ketones is 1. The molecule has 4 rings (SSSR count). The van der Waals surface area contributed by atoms with Crippen molar-refractivity contribution in [2.75, 3.05) is 48.4 Å². The summed E-state index contributed by atoms with van der Waals surface area (Å²) in [5, 5.41) is 10.2. The number of halogens is 2. The lowest BCUT2D eigenvalue weighted by Crippen LogP contribution is -2.27. The third-order valence-electron chi connectivity index (χ3n) is 10.5. The first-order valence-electron chi connectivity index (χ1n) is 25.8. The van der Waals surface area contributed by atoms with Crippen LogP contribution in [-0.2, 0) is 52.8 Å². The number of aromatic nitrogens is 4.